The molecule has 76 valence electrons. The van der Waals surface area contributed by atoms with E-state index < -0.39 is 0 Å². The maximum absolute atomic E-state index is 9.19. The van der Waals surface area contributed by atoms with Gasteiger partial charge in [0.05, 0.1) is 0 Å². The van der Waals surface area contributed by atoms with Gasteiger partial charge >= 0.3 is 0 Å². The smallest absolute Gasteiger partial charge is 0.0477 e. The van der Waals surface area contributed by atoms with E-state index in [1.54, 1.807) is 0 Å². The molecule has 0 radical (unpaired) electrons. The largest absolute Gasteiger partial charge is 0.396 e. The molecule has 0 unspecified atom stereocenters. The molecule has 1 saturated heterocycles. The van der Waals surface area contributed by atoms with Crippen molar-refractivity contribution in [3.05, 3.63) is 34.9 Å². The Bertz CT molecular complexity index is 299. The fourth-order valence-corrected chi connectivity index (χ4v) is 2.15. The molecular weight excluding hydrogens is 198 g/mol. The lowest BCUT2D eigenvalue weighted by atomic mass is 9.90. The Morgan fingerprint density at radius 3 is 2.64 bits per heavy atom. The Morgan fingerprint density at radius 2 is 2.00 bits per heavy atom. The summed E-state index contributed by atoms with van der Waals surface area (Å²) in [6.07, 6.45) is 0. The van der Waals surface area contributed by atoms with Crippen LogP contribution in [0.4, 0.5) is 0 Å². The van der Waals surface area contributed by atoms with Crippen LogP contribution in [0.3, 0.4) is 0 Å². The average Bonchev–Trinajstić information content (AvgIpc) is 2.67. The Hall–Kier alpha value is -0.570. The first-order valence-electron chi connectivity index (χ1n) is 4.88. The molecule has 1 aromatic rings. The van der Waals surface area contributed by atoms with Crippen LogP contribution < -0.4 is 5.32 Å². The molecule has 1 aliphatic rings. The van der Waals surface area contributed by atoms with Gasteiger partial charge in [-0.25, -0.2) is 0 Å². The maximum atomic E-state index is 9.19. The van der Waals surface area contributed by atoms with Crippen molar-refractivity contribution in [3.63, 3.8) is 0 Å². The van der Waals surface area contributed by atoms with Gasteiger partial charge in [-0.15, -0.1) is 0 Å². The van der Waals surface area contributed by atoms with Crippen molar-refractivity contribution in [2.75, 3.05) is 19.7 Å². The lowest BCUT2D eigenvalue weighted by molar-refractivity contribution is 0.226. The van der Waals surface area contributed by atoms with Gasteiger partial charge in [0.15, 0.2) is 0 Å². The molecule has 1 aliphatic heterocycles. The molecule has 1 aromatic carbocycles. The highest BCUT2D eigenvalue weighted by Crippen LogP contribution is 2.28. The number of aliphatic hydroxyl groups excluding tert-OH is 1. The third-order valence-corrected chi connectivity index (χ3v) is 3.12. The van der Waals surface area contributed by atoms with E-state index in [2.05, 4.69) is 5.32 Å². The summed E-state index contributed by atoms with van der Waals surface area (Å²) >= 11 is 5.82. The zero-order valence-corrected chi connectivity index (χ0v) is 8.67. The molecule has 0 aromatic heterocycles. The molecule has 2 atom stereocenters. The normalized spacial score (nSPS) is 26.7. The molecule has 0 spiro atoms. The second-order valence-corrected chi connectivity index (χ2v) is 4.20. The number of hydrogen-bond donors (Lipinski definition) is 2. The van der Waals surface area contributed by atoms with E-state index in [1.165, 1.54) is 5.56 Å². The number of rotatable bonds is 2. The molecule has 2 N–H and O–H groups in total. The summed E-state index contributed by atoms with van der Waals surface area (Å²) in [7, 11) is 0. The van der Waals surface area contributed by atoms with E-state index >= 15 is 0 Å². The molecule has 0 bridgehead atoms. The second-order valence-electron chi connectivity index (χ2n) is 3.76. The summed E-state index contributed by atoms with van der Waals surface area (Å²) in [6.45, 7) is 2.11. The van der Waals surface area contributed by atoms with E-state index in [0.717, 1.165) is 18.1 Å². The van der Waals surface area contributed by atoms with Crippen LogP contribution in [0.2, 0.25) is 5.02 Å². The first-order chi connectivity index (χ1) is 6.81. The predicted octanol–water partition coefficient (Wildman–Crippen LogP) is 1.64. The van der Waals surface area contributed by atoms with Crippen molar-refractivity contribution in [1.82, 2.24) is 5.32 Å². The van der Waals surface area contributed by atoms with Gasteiger partial charge in [-0.2, -0.15) is 0 Å². The highest BCUT2D eigenvalue weighted by molar-refractivity contribution is 6.30. The summed E-state index contributed by atoms with van der Waals surface area (Å²) in [5.74, 6) is 0.772. The van der Waals surface area contributed by atoms with Gasteiger partial charge in [0.25, 0.3) is 0 Å². The van der Waals surface area contributed by atoms with E-state index in [4.69, 9.17) is 11.6 Å². The van der Waals surface area contributed by atoms with E-state index in [9.17, 15) is 5.11 Å². The zero-order chi connectivity index (χ0) is 9.97. The maximum Gasteiger partial charge on any atom is 0.0477 e. The molecule has 2 nitrogen and oxygen atoms in total. The van der Waals surface area contributed by atoms with Crippen molar-refractivity contribution in [2.45, 2.75) is 5.92 Å². The molecule has 14 heavy (non-hydrogen) atoms. The monoisotopic (exact) mass is 211 g/mol. The van der Waals surface area contributed by atoms with Gasteiger partial charge in [-0.3, -0.25) is 0 Å². The average molecular weight is 212 g/mol. The fourth-order valence-electron chi connectivity index (χ4n) is 2.02. The lowest BCUT2D eigenvalue weighted by Crippen LogP contribution is -2.14. The molecule has 0 saturated carbocycles. The van der Waals surface area contributed by atoms with Gasteiger partial charge < -0.3 is 10.4 Å². The molecular formula is C11H14ClNO. The van der Waals surface area contributed by atoms with Crippen LogP contribution >= 0.6 is 11.6 Å². The Kier molecular flexibility index (Phi) is 3.06. The summed E-state index contributed by atoms with van der Waals surface area (Å²) in [6, 6.07) is 7.90. The van der Waals surface area contributed by atoms with Crippen molar-refractivity contribution >= 4 is 11.6 Å². The minimum Gasteiger partial charge on any atom is -0.396 e. The van der Waals surface area contributed by atoms with Crippen molar-refractivity contribution < 1.29 is 5.11 Å². The second kappa shape index (κ2) is 4.30. The number of aliphatic hydroxyl groups is 1. The molecule has 1 heterocycles. The first-order valence-corrected chi connectivity index (χ1v) is 5.26. The van der Waals surface area contributed by atoms with Gasteiger partial charge in [0, 0.05) is 36.6 Å². The van der Waals surface area contributed by atoms with Crippen molar-refractivity contribution in [3.8, 4) is 0 Å². The number of hydrogen-bond acceptors (Lipinski definition) is 2. The summed E-state index contributed by atoms with van der Waals surface area (Å²) in [5, 5.41) is 13.2. The summed E-state index contributed by atoms with van der Waals surface area (Å²) in [5.41, 5.74) is 1.26. The summed E-state index contributed by atoms with van der Waals surface area (Å²) < 4.78 is 0. The Labute approximate surface area is 88.9 Å². The van der Waals surface area contributed by atoms with Gasteiger partial charge in [0.1, 0.15) is 0 Å². The topological polar surface area (TPSA) is 32.3 Å². The van der Waals surface area contributed by atoms with Crippen LogP contribution in [-0.2, 0) is 0 Å². The predicted molar refractivity (Wildman–Crippen MR) is 57.6 cm³/mol. The van der Waals surface area contributed by atoms with Crippen LogP contribution in [0.15, 0.2) is 24.3 Å². The minimum atomic E-state index is 0.250. The van der Waals surface area contributed by atoms with Gasteiger partial charge in [0.2, 0.25) is 0 Å². The Morgan fingerprint density at radius 1 is 1.29 bits per heavy atom. The van der Waals surface area contributed by atoms with Gasteiger partial charge in [-0.1, -0.05) is 23.7 Å². The fraction of sp³-hybridized carbons (Fsp3) is 0.455. The zero-order valence-electron chi connectivity index (χ0n) is 7.91. The molecule has 3 heteroatoms. The Balaban J connectivity index is 2.17. The van der Waals surface area contributed by atoms with E-state index in [1.807, 2.05) is 24.3 Å². The quantitative estimate of drug-likeness (QED) is 0.780. The van der Waals surface area contributed by atoms with Crippen LogP contribution in [0, 0.1) is 5.92 Å². The van der Waals surface area contributed by atoms with Crippen LogP contribution in [0.1, 0.15) is 11.5 Å². The molecule has 2 rings (SSSR count). The van der Waals surface area contributed by atoms with Crippen LogP contribution in [0.5, 0.6) is 0 Å². The van der Waals surface area contributed by atoms with Crippen molar-refractivity contribution in [1.29, 1.82) is 0 Å². The SMILES string of the molecule is OC[C@H]1CNC[C@H]1c1ccc(Cl)cc1. The number of halogens is 1. The lowest BCUT2D eigenvalue weighted by Gasteiger charge is -2.16. The van der Waals surface area contributed by atoms with E-state index in [0.29, 0.717) is 11.8 Å². The standard InChI is InChI=1S/C11H14ClNO/c12-10-3-1-8(2-4-10)11-6-13-5-9(11)7-14/h1-4,9,11,13-14H,5-7H2/t9-,11+/m1/s1. The molecule has 1 fully saturated rings. The third-order valence-electron chi connectivity index (χ3n) is 2.87. The number of nitrogens with one attached hydrogen (secondary N) is 1. The highest BCUT2D eigenvalue weighted by Gasteiger charge is 2.27. The van der Waals surface area contributed by atoms with Gasteiger partial charge in [-0.05, 0) is 17.7 Å². The number of benzene rings is 1. The van der Waals surface area contributed by atoms with Crippen molar-refractivity contribution in [2.24, 2.45) is 5.92 Å². The molecule has 0 amide bonds. The highest BCUT2D eigenvalue weighted by atomic mass is 35.5. The third kappa shape index (κ3) is 1.92. The first kappa shape index (κ1) is 9.97. The minimum absolute atomic E-state index is 0.250. The van der Waals surface area contributed by atoms with E-state index in [-0.39, 0.29) is 6.61 Å². The van der Waals surface area contributed by atoms with Crippen LogP contribution in [0.25, 0.3) is 0 Å². The summed E-state index contributed by atoms with van der Waals surface area (Å²) in [4.78, 5) is 0. The molecule has 0 aliphatic carbocycles. The van der Waals surface area contributed by atoms with Crippen LogP contribution in [-0.4, -0.2) is 24.8 Å².